The second-order valence-electron chi connectivity index (χ2n) is 7.92. The van der Waals surface area contributed by atoms with Crippen LogP contribution in [0.2, 0.25) is 0 Å². The fourth-order valence-corrected chi connectivity index (χ4v) is 5.07. The summed E-state index contributed by atoms with van der Waals surface area (Å²) in [6.45, 7) is 2.05. The lowest BCUT2D eigenvalue weighted by Gasteiger charge is -2.21. The predicted octanol–water partition coefficient (Wildman–Crippen LogP) is 5.28. The van der Waals surface area contributed by atoms with Crippen LogP contribution >= 0.6 is 37.2 Å². The summed E-state index contributed by atoms with van der Waals surface area (Å²) in [6, 6.07) is 21.7. The Morgan fingerprint density at radius 1 is 0.938 bits per heavy atom. The van der Waals surface area contributed by atoms with Crippen LogP contribution in [0.1, 0.15) is 23.3 Å². The number of methoxy groups -OCH3 is 1. The molecule has 0 spiro atoms. The summed E-state index contributed by atoms with van der Waals surface area (Å²) in [7, 11) is 1.64. The minimum atomic E-state index is 0. The van der Waals surface area contributed by atoms with Crippen LogP contribution in [0.15, 0.2) is 66.9 Å². The normalized spacial score (nSPS) is 20.5. The number of hydrogen-bond donors (Lipinski definition) is 1. The maximum Gasteiger partial charge on any atom is 0.212 e. The maximum atomic E-state index is 5.20. The highest BCUT2D eigenvalue weighted by atomic mass is 35.5. The first kappa shape index (κ1) is 24.3. The van der Waals surface area contributed by atoms with Gasteiger partial charge in [-0.3, -0.25) is 0 Å². The standard InChI is InChI=1S/C24H22N4O.3ClH/c1-29-22-10-8-17(12-26-22)16-7-9-20-21(11-16)28-23(15-5-3-2-4-6-15)18-13-25-14-19(18)24(28)27-20;;;/h2-12,18-19,23,25H,13-14H2,1H3;3*1H/t18-,19+,23-;;;/m1.../s1. The zero-order chi connectivity index (χ0) is 19.4. The zero-order valence-electron chi connectivity index (χ0n) is 17.5. The average Bonchev–Trinajstić information content (AvgIpc) is 3.46. The van der Waals surface area contributed by atoms with Gasteiger partial charge in [0.1, 0.15) is 5.82 Å². The molecule has 6 rings (SSSR count). The lowest BCUT2D eigenvalue weighted by Crippen LogP contribution is -2.19. The van der Waals surface area contributed by atoms with Gasteiger partial charge in [-0.25, -0.2) is 9.97 Å². The number of hydrogen-bond acceptors (Lipinski definition) is 4. The molecule has 0 amide bonds. The van der Waals surface area contributed by atoms with Crippen LogP contribution in [-0.4, -0.2) is 34.7 Å². The van der Waals surface area contributed by atoms with E-state index in [0.717, 1.165) is 29.7 Å². The molecule has 32 heavy (non-hydrogen) atoms. The van der Waals surface area contributed by atoms with E-state index in [1.165, 1.54) is 16.9 Å². The van der Waals surface area contributed by atoms with E-state index in [-0.39, 0.29) is 37.2 Å². The van der Waals surface area contributed by atoms with Gasteiger partial charge >= 0.3 is 0 Å². The van der Waals surface area contributed by atoms with Crippen molar-refractivity contribution in [3.8, 4) is 17.0 Å². The minimum Gasteiger partial charge on any atom is -0.481 e. The largest absolute Gasteiger partial charge is 0.481 e. The highest BCUT2D eigenvalue weighted by Gasteiger charge is 2.46. The number of imidazole rings is 1. The fraction of sp³-hybridized carbons (Fsp3) is 0.250. The minimum absolute atomic E-state index is 0. The van der Waals surface area contributed by atoms with Crippen molar-refractivity contribution in [2.24, 2.45) is 5.92 Å². The Balaban J connectivity index is 0.000000963. The summed E-state index contributed by atoms with van der Waals surface area (Å²) in [5.41, 5.74) is 5.87. The SMILES string of the molecule is COc1ccc(-c2ccc3nc4n(c3c2)[C@H](c2ccccc2)[C@@H]2CNC[C@H]42)cn1.Cl.Cl.Cl. The first-order chi connectivity index (χ1) is 14.3. The number of nitrogens with zero attached hydrogens (tertiary/aromatic N) is 3. The van der Waals surface area contributed by atoms with E-state index >= 15 is 0 Å². The molecule has 1 N–H and O–H groups in total. The first-order valence-electron chi connectivity index (χ1n) is 10.1. The van der Waals surface area contributed by atoms with Crippen molar-refractivity contribution in [3.63, 3.8) is 0 Å². The quantitative estimate of drug-likeness (QED) is 0.424. The molecule has 1 saturated heterocycles. The molecule has 5 nitrogen and oxygen atoms in total. The van der Waals surface area contributed by atoms with E-state index < -0.39 is 0 Å². The fourth-order valence-electron chi connectivity index (χ4n) is 5.07. The molecule has 168 valence electrons. The third-order valence-electron chi connectivity index (χ3n) is 6.41. The second-order valence-corrected chi connectivity index (χ2v) is 7.92. The van der Waals surface area contributed by atoms with Crippen LogP contribution in [0.3, 0.4) is 0 Å². The third-order valence-corrected chi connectivity index (χ3v) is 6.41. The van der Waals surface area contributed by atoms with Crippen LogP contribution in [0, 0.1) is 5.92 Å². The molecule has 8 heteroatoms. The lowest BCUT2D eigenvalue weighted by atomic mass is 9.88. The summed E-state index contributed by atoms with van der Waals surface area (Å²) in [5, 5.41) is 3.58. The van der Waals surface area contributed by atoms with Gasteiger partial charge in [-0.15, -0.1) is 37.2 Å². The number of aromatic nitrogens is 3. The van der Waals surface area contributed by atoms with Gasteiger partial charge in [0.05, 0.1) is 24.2 Å². The Bertz CT molecular complexity index is 1200. The Morgan fingerprint density at radius 3 is 2.44 bits per heavy atom. The molecule has 0 unspecified atom stereocenters. The lowest BCUT2D eigenvalue weighted by molar-refractivity contribution is 0.398. The van der Waals surface area contributed by atoms with Gasteiger partial charge in [0.15, 0.2) is 0 Å². The Morgan fingerprint density at radius 2 is 1.72 bits per heavy atom. The van der Waals surface area contributed by atoms with Gasteiger partial charge in [0.25, 0.3) is 0 Å². The summed E-state index contributed by atoms with van der Waals surface area (Å²) in [4.78, 5) is 9.43. The smallest absolute Gasteiger partial charge is 0.212 e. The van der Waals surface area contributed by atoms with Crippen molar-refractivity contribution in [1.82, 2.24) is 19.9 Å². The van der Waals surface area contributed by atoms with E-state index in [9.17, 15) is 0 Å². The maximum absolute atomic E-state index is 5.20. The molecule has 0 radical (unpaired) electrons. The summed E-state index contributed by atoms with van der Waals surface area (Å²) >= 11 is 0. The van der Waals surface area contributed by atoms with E-state index in [0.29, 0.717) is 23.8 Å². The molecule has 2 aromatic heterocycles. The van der Waals surface area contributed by atoms with Crippen LogP contribution in [0.4, 0.5) is 0 Å². The van der Waals surface area contributed by atoms with Gasteiger partial charge in [-0.05, 0) is 29.3 Å². The highest BCUT2D eigenvalue weighted by Crippen LogP contribution is 2.48. The monoisotopic (exact) mass is 490 g/mol. The number of pyridine rings is 1. The Hall–Kier alpha value is -2.31. The molecule has 1 fully saturated rings. The van der Waals surface area contributed by atoms with Crippen molar-refractivity contribution in [3.05, 3.63) is 78.2 Å². The predicted molar refractivity (Wildman–Crippen MR) is 135 cm³/mol. The van der Waals surface area contributed by atoms with Gasteiger partial charge in [0, 0.05) is 42.8 Å². The topological polar surface area (TPSA) is 52.0 Å². The molecule has 2 aromatic carbocycles. The number of ether oxygens (including phenoxy) is 1. The van der Waals surface area contributed by atoms with E-state index in [1.807, 2.05) is 12.3 Å². The van der Waals surface area contributed by atoms with E-state index in [4.69, 9.17) is 9.72 Å². The average molecular weight is 492 g/mol. The molecule has 0 aliphatic carbocycles. The number of benzene rings is 2. The second kappa shape index (κ2) is 9.67. The molecule has 2 aliphatic rings. The van der Waals surface area contributed by atoms with Crippen LogP contribution in [0.25, 0.3) is 22.2 Å². The molecule has 0 bridgehead atoms. The Kier molecular flexibility index (Phi) is 7.36. The van der Waals surface area contributed by atoms with Gasteiger partial charge in [0.2, 0.25) is 5.88 Å². The molecule has 3 atom stereocenters. The number of fused-ring (bicyclic) bond motifs is 5. The molecule has 2 aliphatic heterocycles. The van der Waals surface area contributed by atoms with Crippen molar-refractivity contribution < 1.29 is 4.74 Å². The van der Waals surface area contributed by atoms with Gasteiger partial charge in [-0.2, -0.15) is 0 Å². The third kappa shape index (κ3) is 3.73. The van der Waals surface area contributed by atoms with Gasteiger partial charge in [-0.1, -0.05) is 36.4 Å². The molecular formula is C24H25Cl3N4O. The first-order valence-corrected chi connectivity index (χ1v) is 10.1. The number of halogens is 3. The highest BCUT2D eigenvalue weighted by molar-refractivity contribution is 5.86. The number of nitrogens with one attached hydrogen (secondary N) is 1. The number of rotatable bonds is 3. The van der Waals surface area contributed by atoms with Crippen molar-refractivity contribution >= 4 is 48.3 Å². The van der Waals surface area contributed by atoms with E-state index in [2.05, 4.69) is 69.5 Å². The molecular weight excluding hydrogens is 467 g/mol. The molecule has 4 aromatic rings. The van der Waals surface area contributed by atoms with Crippen LogP contribution < -0.4 is 10.1 Å². The van der Waals surface area contributed by atoms with Crippen LogP contribution in [-0.2, 0) is 0 Å². The Labute approximate surface area is 205 Å². The summed E-state index contributed by atoms with van der Waals surface area (Å²) < 4.78 is 7.69. The zero-order valence-corrected chi connectivity index (χ0v) is 19.9. The summed E-state index contributed by atoms with van der Waals surface area (Å²) in [5.74, 6) is 2.87. The van der Waals surface area contributed by atoms with Crippen LogP contribution in [0.5, 0.6) is 5.88 Å². The van der Waals surface area contributed by atoms with Gasteiger partial charge < -0.3 is 14.6 Å². The van der Waals surface area contributed by atoms with E-state index in [1.54, 1.807) is 7.11 Å². The van der Waals surface area contributed by atoms with Crippen molar-refractivity contribution in [1.29, 1.82) is 0 Å². The van der Waals surface area contributed by atoms with Crippen molar-refractivity contribution in [2.75, 3.05) is 20.2 Å². The molecule has 0 saturated carbocycles. The molecule has 4 heterocycles. The van der Waals surface area contributed by atoms with Crippen molar-refractivity contribution in [2.45, 2.75) is 12.0 Å². The summed E-state index contributed by atoms with van der Waals surface area (Å²) in [6.07, 6.45) is 1.87.